The molecule has 0 aliphatic rings. The summed E-state index contributed by atoms with van der Waals surface area (Å²) in [5, 5.41) is 9.56. The van der Waals surface area contributed by atoms with Crippen LogP contribution in [0, 0.1) is 13.8 Å². The number of hydrogen-bond donors (Lipinski definition) is 1. The lowest BCUT2D eigenvalue weighted by Crippen LogP contribution is -2.02. The molecule has 3 nitrogen and oxygen atoms in total. The Bertz CT molecular complexity index is 650. The summed E-state index contributed by atoms with van der Waals surface area (Å²) in [6.45, 7) is 4.20. The second-order valence-corrected chi connectivity index (χ2v) is 5.08. The van der Waals surface area contributed by atoms with Gasteiger partial charge in [0.1, 0.15) is 12.4 Å². The number of rotatable bonds is 4. The van der Waals surface area contributed by atoms with Crippen LogP contribution in [0.15, 0.2) is 36.4 Å². The van der Waals surface area contributed by atoms with E-state index in [9.17, 15) is 4.79 Å². The van der Waals surface area contributed by atoms with Gasteiger partial charge < -0.3 is 9.84 Å². The van der Waals surface area contributed by atoms with Crippen LogP contribution in [-0.4, -0.2) is 11.1 Å². The van der Waals surface area contributed by atoms with Crippen LogP contribution in [-0.2, 0) is 6.61 Å². The van der Waals surface area contributed by atoms with Crippen molar-refractivity contribution in [2.24, 2.45) is 0 Å². The van der Waals surface area contributed by atoms with Crippen molar-refractivity contribution >= 4 is 17.6 Å². The largest absolute Gasteiger partial charge is 0.489 e. The predicted octanol–water partition coefficient (Wildman–Crippen LogP) is 4.23. The Hall–Kier alpha value is -2.00. The summed E-state index contributed by atoms with van der Waals surface area (Å²) in [7, 11) is 0. The lowest BCUT2D eigenvalue weighted by atomic mass is 10.1. The van der Waals surface area contributed by atoms with Crippen LogP contribution in [0.3, 0.4) is 0 Å². The van der Waals surface area contributed by atoms with E-state index in [-0.39, 0.29) is 5.56 Å². The maximum atomic E-state index is 10.9. The van der Waals surface area contributed by atoms with E-state index in [1.807, 2.05) is 26.0 Å². The van der Waals surface area contributed by atoms with Gasteiger partial charge in [-0.25, -0.2) is 4.79 Å². The zero-order chi connectivity index (χ0) is 14.7. The van der Waals surface area contributed by atoms with Gasteiger partial charge >= 0.3 is 5.97 Å². The third-order valence-electron chi connectivity index (χ3n) is 3.12. The lowest BCUT2D eigenvalue weighted by molar-refractivity contribution is 0.0696. The van der Waals surface area contributed by atoms with E-state index < -0.39 is 5.97 Å². The SMILES string of the molecule is Cc1cc(C(=O)O)ccc1COc1cc(Cl)ccc1C. The molecular formula is C16H15ClO3. The number of aromatic carboxylic acids is 1. The minimum atomic E-state index is -0.925. The van der Waals surface area contributed by atoms with Crippen LogP contribution in [0.1, 0.15) is 27.0 Å². The van der Waals surface area contributed by atoms with Crippen molar-refractivity contribution in [2.75, 3.05) is 0 Å². The molecule has 2 aromatic carbocycles. The van der Waals surface area contributed by atoms with E-state index in [0.29, 0.717) is 11.6 Å². The molecule has 0 radical (unpaired) electrons. The molecule has 0 aliphatic heterocycles. The average Bonchev–Trinajstić information content (AvgIpc) is 2.40. The molecule has 0 fully saturated rings. The molecule has 0 amide bonds. The van der Waals surface area contributed by atoms with Crippen LogP contribution in [0.25, 0.3) is 0 Å². The van der Waals surface area contributed by atoms with Gasteiger partial charge in [-0.15, -0.1) is 0 Å². The Morgan fingerprint density at radius 3 is 2.55 bits per heavy atom. The maximum Gasteiger partial charge on any atom is 0.335 e. The first kappa shape index (κ1) is 14.4. The molecule has 0 saturated carbocycles. The zero-order valence-corrected chi connectivity index (χ0v) is 12.1. The van der Waals surface area contributed by atoms with Crippen LogP contribution in [0.4, 0.5) is 0 Å². The number of hydrogen-bond acceptors (Lipinski definition) is 2. The van der Waals surface area contributed by atoms with Gasteiger partial charge in [-0.05, 0) is 54.8 Å². The van der Waals surface area contributed by atoms with Crippen molar-refractivity contribution < 1.29 is 14.6 Å². The van der Waals surface area contributed by atoms with E-state index in [1.54, 1.807) is 24.3 Å². The predicted molar refractivity (Wildman–Crippen MR) is 78.7 cm³/mol. The van der Waals surface area contributed by atoms with Crippen LogP contribution in [0.5, 0.6) is 5.75 Å². The molecule has 0 atom stereocenters. The Kier molecular flexibility index (Phi) is 4.30. The topological polar surface area (TPSA) is 46.5 Å². The first-order valence-electron chi connectivity index (χ1n) is 6.19. The van der Waals surface area contributed by atoms with Crippen molar-refractivity contribution in [3.8, 4) is 5.75 Å². The highest BCUT2D eigenvalue weighted by atomic mass is 35.5. The van der Waals surface area contributed by atoms with Crippen molar-refractivity contribution in [1.82, 2.24) is 0 Å². The molecule has 2 aromatic rings. The highest BCUT2D eigenvalue weighted by Gasteiger charge is 2.07. The molecule has 0 spiro atoms. The number of carboxylic acid groups (broad SMARTS) is 1. The summed E-state index contributed by atoms with van der Waals surface area (Å²) in [5.74, 6) is -0.189. The number of aryl methyl sites for hydroxylation is 2. The highest BCUT2D eigenvalue weighted by Crippen LogP contribution is 2.24. The minimum absolute atomic E-state index is 0.283. The molecule has 4 heteroatoms. The molecule has 0 heterocycles. The third kappa shape index (κ3) is 3.31. The standard InChI is InChI=1S/C16H15ClO3/c1-10-3-6-14(17)8-15(10)20-9-13-5-4-12(16(18)19)7-11(13)2/h3-8H,9H2,1-2H3,(H,18,19). The first-order chi connectivity index (χ1) is 9.47. The van der Waals surface area contributed by atoms with Gasteiger partial charge in [0.05, 0.1) is 5.56 Å². The fourth-order valence-corrected chi connectivity index (χ4v) is 2.04. The van der Waals surface area contributed by atoms with E-state index in [0.717, 1.165) is 22.4 Å². The van der Waals surface area contributed by atoms with Crippen molar-refractivity contribution in [2.45, 2.75) is 20.5 Å². The molecule has 1 N–H and O–H groups in total. The number of ether oxygens (including phenoxy) is 1. The van der Waals surface area contributed by atoms with Crippen LogP contribution < -0.4 is 4.74 Å². The quantitative estimate of drug-likeness (QED) is 0.916. The minimum Gasteiger partial charge on any atom is -0.489 e. The molecule has 0 bridgehead atoms. The van der Waals surface area contributed by atoms with Gasteiger partial charge in [-0.1, -0.05) is 23.7 Å². The Balaban J connectivity index is 2.15. The summed E-state index contributed by atoms with van der Waals surface area (Å²) in [4.78, 5) is 10.9. The normalized spacial score (nSPS) is 10.3. The summed E-state index contributed by atoms with van der Waals surface area (Å²) >= 11 is 5.94. The monoisotopic (exact) mass is 290 g/mol. The number of carboxylic acids is 1. The smallest absolute Gasteiger partial charge is 0.335 e. The highest BCUT2D eigenvalue weighted by molar-refractivity contribution is 6.30. The second kappa shape index (κ2) is 5.97. The Morgan fingerprint density at radius 1 is 1.15 bits per heavy atom. The van der Waals surface area contributed by atoms with E-state index in [2.05, 4.69) is 0 Å². The fourth-order valence-electron chi connectivity index (χ4n) is 1.88. The van der Waals surface area contributed by atoms with Crippen molar-refractivity contribution in [3.05, 3.63) is 63.7 Å². The first-order valence-corrected chi connectivity index (χ1v) is 6.57. The van der Waals surface area contributed by atoms with Crippen molar-refractivity contribution in [1.29, 1.82) is 0 Å². The second-order valence-electron chi connectivity index (χ2n) is 4.64. The summed E-state index contributed by atoms with van der Waals surface area (Å²) in [6.07, 6.45) is 0. The zero-order valence-electron chi connectivity index (χ0n) is 11.3. The molecule has 0 aliphatic carbocycles. The van der Waals surface area contributed by atoms with E-state index >= 15 is 0 Å². The number of carbonyl (C=O) groups is 1. The van der Waals surface area contributed by atoms with E-state index in [4.69, 9.17) is 21.4 Å². The third-order valence-corrected chi connectivity index (χ3v) is 3.36. The van der Waals surface area contributed by atoms with Gasteiger partial charge in [-0.3, -0.25) is 0 Å². The molecule has 0 saturated heterocycles. The Labute approximate surface area is 122 Å². The molecular weight excluding hydrogens is 276 g/mol. The fraction of sp³-hybridized carbons (Fsp3) is 0.188. The summed E-state index contributed by atoms with van der Waals surface area (Å²) < 4.78 is 5.75. The summed E-state index contributed by atoms with van der Waals surface area (Å²) in [6, 6.07) is 10.5. The van der Waals surface area contributed by atoms with Crippen molar-refractivity contribution in [3.63, 3.8) is 0 Å². The Morgan fingerprint density at radius 2 is 1.90 bits per heavy atom. The molecule has 2 rings (SSSR count). The molecule has 0 aromatic heterocycles. The summed E-state index contributed by atoms with van der Waals surface area (Å²) in [5.41, 5.74) is 3.14. The lowest BCUT2D eigenvalue weighted by Gasteiger charge is -2.11. The maximum absolute atomic E-state index is 10.9. The van der Waals surface area contributed by atoms with Gasteiger partial charge in [-0.2, -0.15) is 0 Å². The van der Waals surface area contributed by atoms with Crippen LogP contribution in [0.2, 0.25) is 5.02 Å². The number of halogens is 1. The molecule has 104 valence electrons. The van der Waals surface area contributed by atoms with Gasteiger partial charge in [0.15, 0.2) is 0 Å². The average molecular weight is 291 g/mol. The van der Waals surface area contributed by atoms with Gasteiger partial charge in [0.2, 0.25) is 0 Å². The van der Waals surface area contributed by atoms with Gasteiger partial charge in [0, 0.05) is 5.02 Å². The van der Waals surface area contributed by atoms with Gasteiger partial charge in [0.25, 0.3) is 0 Å². The van der Waals surface area contributed by atoms with Crippen LogP contribution >= 0.6 is 11.6 Å². The van der Waals surface area contributed by atoms with E-state index in [1.165, 1.54) is 0 Å². The molecule has 0 unspecified atom stereocenters. The molecule has 20 heavy (non-hydrogen) atoms. The number of benzene rings is 2.